The number of rotatable bonds is 6. The maximum absolute atomic E-state index is 13.4. The minimum atomic E-state index is -4.47. The number of halogens is 4. The molecule has 0 fully saturated rings. The summed E-state index contributed by atoms with van der Waals surface area (Å²) >= 11 is 3.18. The molecule has 0 saturated heterocycles. The van der Waals surface area contributed by atoms with Crippen molar-refractivity contribution in [1.82, 2.24) is 4.98 Å². The zero-order chi connectivity index (χ0) is 19.4. The summed E-state index contributed by atoms with van der Waals surface area (Å²) in [5, 5.41) is 2.52. The number of anilines is 1. The lowest BCUT2D eigenvalue weighted by Crippen LogP contribution is -2.28. The zero-order valence-corrected chi connectivity index (χ0v) is 15.8. The molecule has 2 atom stereocenters. The number of nitrogens with two attached hydrogens (primary N) is 1. The number of alkyl halides is 3. The highest BCUT2D eigenvalue weighted by atomic mass is 79.9. The van der Waals surface area contributed by atoms with Crippen LogP contribution in [0.1, 0.15) is 23.7 Å². The number of amidine groups is 1. The molecule has 1 aliphatic rings. The van der Waals surface area contributed by atoms with Gasteiger partial charge in [-0.25, -0.2) is 4.99 Å². The number of pyridine rings is 1. The second kappa shape index (κ2) is 8.16. The number of nitrogens with zero attached hydrogens (tertiary/aromatic N) is 2. The summed E-state index contributed by atoms with van der Waals surface area (Å²) in [4.78, 5) is 8.03. The van der Waals surface area contributed by atoms with Crippen molar-refractivity contribution in [2.24, 2.45) is 10.7 Å². The van der Waals surface area contributed by atoms with Gasteiger partial charge in [0, 0.05) is 16.4 Å². The Morgan fingerprint density at radius 2 is 1.96 bits per heavy atom. The summed E-state index contributed by atoms with van der Waals surface area (Å²) in [5.41, 5.74) is 6.76. The van der Waals surface area contributed by atoms with Crippen molar-refractivity contribution >= 4 is 27.6 Å². The van der Waals surface area contributed by atoms with Crippen LogP contribution < -0.4 is 11.1 Å². The van der Waals surface area contributed by atoms with Crippen LogP contribution in [0, 0.1) is 0 Å². The quantitative estimate of drug-likeness (QED) is 0.702. The van der Waals surface area contributed by atoms with E-state index in [4.69, 9.17) is 10.5 Å². The van der Waals surface area contributed by atoms with E-state index in [-0.39, 0.29) is 17.8 Å². The van der Waals surface area contributed by atoms with E-state index in [9.17, 15) is 13.2 Å². The Morgan fingerprint density at radius 3 is 2.52 bits per heavy atom. The van der Waals surface area contributed by atoms with Crippen molar-refractivity contribution in [3.8, 4) is 0 Å². The van der Waals surface area contributed by atoms with Gasteiger partial charge in [0.1, 0.15) is 6.61 Å². The highest BCUT2D eigenvalue weighted by molar-refractivity contribution is 9.10. The second-order valence-corrected chi connectivity index (χ2v) is 7.10. The van der Waals surface area contributed by atoms with E-state index in [0.29, 0.717) is 16.8 Å². The molecule has 3 rings (SSSR count). The van der Waals surface area contributed by atoms with Crippen LogP contribution >= 0.6 is 15.9 Å². The largest absolute Gasteiger partial charge is 0.463 e. The average Bonchev–Trinajstić information content (AvgIpc) is 3.04. The molecular formula is C18H18BrF3N4O. The summed E-state index contributed by atoms with van der Waals surface area (Å²) in [5.74, 6) is 0. The van der Waals surface area contributed by atoms with Crippen LogP contribution in [0.3, 0.4) is 0 Å². The molecule has 0 spiro atoms. The standard InChI is InChI=1S/C18H18BrF3N4O/c19-12-4-8-15(24-9-12)16(18(20,21)22)25-13-5-1-11(2-6-13)3-7-14-10-27-17(23)26-14/h1-2,4-6,8-9,14,16,25H,3,7,10H2,(H2,23,26). The lowest BCUT2D eigenvalue weighted by Gasteiger charge is -2.22. The number of aromatic nitrogens is 1. The molecule has 0 amide bonds. The molecule has 1 aliphatic heterocycles. The van der Waals surface area contributed by atoms with Crippen molar-refractivity contribution in [2.75, 3.05) is 11.9 Å². The first-order chi connectivity index (χ1) is 12.8. The number of aliphatic imine (C=N–C) groups is 1. The minimum Gasteiger partial charge on any atom is -0.463 e. The molecule has 0 aliphatic carbocycles. The molecule has 0 radical (unpaired) electrons. The minimum absolute atomic E-state index is 0.0286. The first-order valence-electron chi connectivity index (χ1n) is 8.31. The van der Waals surface area contributed by atoms with Gasteiger partial charge in [0.05, 0.1) is 11.7 Å². The number of hydrogen-bond acceptors (Lipinski definition) is 5. The van der Waals surface area contributed by atoms with E-state index in [1.54, 1.807) is 24.3 Å². The van der Waals surface area contributed by atoms with E-state index in [1.807, 2.05) is 0 Å². The molecule has 3 N–H and O–H groups in total. The molecule has 2 aromatic rings. The fourth-order valence-electron chi connectivity index (χ4n) is 2.73. The van der Waals surface area contributed by atoms with Gasteiger partial charge in [-0.3, -0.25) is 4.98 Å². The van der Waals surface area contributed by atoms with Crippen molar-refractivity contribution in [3.05, 3.63) is 58.3 Å². The molecule has 1 aromatic heterocycles. The van der Waals surface area contributed by atoms with E-state index < -0.39 is 12.2 Å². The highest BCUT2D eigenvalue weighted by Crippen LogP contribution is 2.35. The Labute approximate surface area is 163 Å². The summed E-state index contributed by atoms with van der Waals surface area (Å²) in [6, 6.07) is 8.10. The molecule has 1 aromatic carbocycles. The molecule has 9 heteroatoms. The number of hydrogen-bond donors (Lipinski definition) is 2. The Balaban J connectivity index is 1.65. The predicted octanol–water partition coefficient (Wildman–Crippen LogP) is 4.21. The van der Waals surface area contributed by atoms with Gasteiger partial charge in [0.15, 0.2) is 6.04 Å². The molecule has 27 heavy (non-hydrogen) atoms. The lowest BCUT2D eigenvalue weighted by atomic mass is 10.1. The van der Waals surface area contributed by atoms with Gasteiger partial charge < -0.3 is 15.8 Å². The monoisotopic (exact) mass is 442 g/mol. The summed E-state index contributed by atoms with van der Waals surface area (Å²) in [7, 11) is 0. The lowest BCUT2D eigenvalue weighted by molar-refractivity contribution is -0.144. The fraction of sp³-hybridized carbons (Fsp3) is 0.333. The van der Waals surface area contributed by atoms with Gasteiger partial charge in [0.25, 0.3) is 6.02 Å². The topological polar surface area (TPSA) is 72.5 Å². The van der Waals surface area contributed by atoms with Crippen LogP contribution in [0.2, 0.25) is 0 Å². The number of aryl methyl sites for hydroxylation is 1. The van der Waals surface area contributed by atoms with Gasteiger partial charge >= 0.3 is 6.18 Å². The number of ether oxygens (including phenoxy) is 1. The zero-order valence-electron chi connectivity index (χ0n) is 14.2. The smallest absolute Gasteiger partial charge is 0.414 e. The van der Waals surface area contributed by atoms with Crippen LogP contribution in [0.5, 0.6) is 0 Å². The molecular weight excluding hydrogens is 425 g/mol. The van der Waals surface area contributed by atoms with E-state index in [2.05, 4.69) is 31.2 Å². The van der Waals surface area contributed by atoms with Gasteiger partial charge in [0.2, 0.25) is 0 Å². The maximum atomic E-state index is 13.4. The second-order valence-electron chi connectivity index (χ2n) is 6.19. The normalized spacial score (nSPS) is 17.9. The maximum Gasteiger partial charge on any atom is 0.414 e. The van der Waals surface area contributed by atoms with Crippen LogP contribution in [0.4, 0.5) is 18.9 Å². The van der Waals surface area contributed by atoms with Crippen molar-refractivity contribution < 1.29 is 17.9 Å². The van der Waals surface area contributed by atoms with Gasteiger partial charge in [-0.2, -0.15) is 13.2 Å². The molecule has 0 bridgehead atoms. The van der Waals surface area contributed by atoms with Crippen molar-refractivity contribution in [1.29, 1.82) is 0 Å². The molecule has 2 heterocycles. The Hall–Kier alpha value is -2.29. The number of nitrogens with one attached hydrogen (secondary N) is 1. The third-order valence-corrected chi connectivity index (χ3v) is 4.61. The Kier molecular flexibility index (Phi) is 5.88. The summed E-state index contributed by atoms with van der Waals surface area (Å²) in [6.07, 6.45) is -1.62. The Morgan fingerprint density at radius 1 is 1.22 bits per heavy atom. The highest BCUT2D eigenvalue weighted by Gasteiger charge is 2.41. The number of benzene rings is 1. The third kappa shape index (κ3) is 5.35. The van der Waals surface area contributed by atoms with Gasteiger partial charge in [-0.1, -0.05) is 12.1 Å². The molecule has 5 nitrogen and oxygen atoms in total. The first-order valence-corrected chi connectivity index (χ1v) is 9.10. The SMILES string of the molecule is NC1=NC(CCc2ccc(NC(c3ccc(Br)cn3)C(F)(F)F)cc2)CO1. The van der Waals surface area contributed by atoms with Crippen molar-refractivity contribution in [2.45, 2.75) is 31.1 Å². The van der Waals surface area contributed by atoms with Crippen LogP contribution in [0.15, 0.2) is 52.1 Å². The van der Waals surface area contributed by atoms with Gasteiger partial charge in [-0.15, -0.1) is 0 Å². The molecule has 0 saturated carbocycles. The van der Waals surface area contributed by atoms with Crippen LogP contribution in [0.25, 0.3) is 0 Å². The van der Waals surface area contributed by atoms with Gasteiger partial charge in [-0.05, 0) is 58.6 Å². The Bertz CT molecular complexity index is 794. The predicted molar refractivity (Wildman–Crippen MR) is 100 cm³/mol. The third-order valence-electron chi connectivity index (χ3n) is 4.14. The molecule has 2 unspecified atom stereocenters. The average molecular weight is 443 g/mol. The van der Waals surface area contributed by atoms with Crippen molar-refractivity contribution in [3.63, 3.8) is 0 Å². The fourth-order valence-corrected chi connectivity index (χ4v) is 2.97. The van der Waals surface area contributed by atoms with E-state index >= 15 is 0 Å². The van der Waals surface area contributed by atoms with E-state index in [0.717, 1.165) is 18.4 Å². The first kappa shape index (κ1) is 19.5. The summed E-state index contributed by atoms with van der Waals surface area (Å²) in [6.45, 7) is 0.471. The van der Waals surface area contributed by atoms with E-state index in [1.165, 1.54) is 18.3 Å². The summed E-state index contributed by atoms with van der Waals surface area (Å²) < 4.78 is 46.1. The van der Waals surface area contributed by atoms with Crippen LogP contribution in [-0.4, -0.2) is 29.8 Å². The van der Waals surface area contributed by atoms with Crippen LogP contribution in [-0.2, 0) is 11.2 Å². The molecule has 144 valence electrons.